The summed E-state index contributed by atoms with van der Waals surface area (Å²) < 4.78 is 9.93. The molecule has 0 saturated carbocycles. The van der Waals surface area contributed by atoms with E-state index in [4.69, 9.17) is 9.15 Å². The van der Waals surface area contributed by atoms with Gasteiger partial charge in [0.25, 0.3) is 0 Å². The van der Waals surface area contributed by atoms with Crippen LogP contribution < -0.4 is 0 Å². The molecule has 3 heteroatoms. The van der Waals surface area contributed by atoms with Crippen molar-refractivity contribution in [2.75, 3.05) is 0 Å². The van der Waals surface area contributed by atoms with Crippen LogP contribution in [0.5, 0.6) is 0 Å². The van der Waals surface area contributed by atoms with E-state index in [-0.39, 0.29) is 12.1 Å². The van der Waals surface area contributed by atoms with E-state index in [1.807, 2.05) is 6.08 Å². The Kier molecular flexibility index (Phi) is 1.70. The van der Waals surface area contributed by atoms with E-state index in [2.05, 4.69) is 0 Å². The molecule has 1 atom stereocenters. The van der Waals surface area contributed by atoms with E-state index < -0.39 is 0 Å². The lowest BCUT2D eigenvalue weighted by atomic mass is 10.1. The van der Waals surface area contributed by atoms with Crippen molar-refractivity contribution < 1.29 is 13.9 Å². The molecule has 2 rings (SSSR count). The van der Waals surface area contributed by atoms with Crippen molar-refractivity contribution in [1.82, 2.24) is 0 Å². The number of hydrogen-bond acceptors (Lipinski definition) is 3. The quantitative estimate of drug-likeness (QED) is 0.594. The maximum Gasteiger partial charge on any atom is 0.331 e. The van der Waals surface area contributed by atoms with Crippen molar-refractivity contribution in [2.45, 2.75) is 12.5 Å². The minimum atomic E-state index is -0.285. The highest BCUT2D eigenvalue weighted by Gasteiger charge is 2.18. The number of carbonyl (C=O) groups is 1. The first-order chi connectivity index (χ1) is 5.86. The molecule has 1 aromatic rings. The highest BCUT2D eigenvalue weighted by atomic mass is 16.5. The molecule has 0 radical (unpaired) electrons. The molecule has 1 unspecified atom stereocenters. The Hall–Kier alpha value is -1.51. The minimum absolute atomic E-state index is 0.166. The van der Waals surface area contributed by atoms with Gasteiger partial charge in [-0.15, -0.1) is 0 Å². The van der Waals surface area contributed by atoms with Crippen LogP contribution in [0.25, 0.3) is 0 Å². The average molecular weight is 164 g/mol. The normalized spacial score (nSPS) is 22.3. The predicted molar refractivity (Wildman–Crippen MR) is 41.3 cm³/mol. The van der Waals surface area contributed by atoms with Gasteiger partial charge in [-0.3, -0.25) is 0 Å². The lowest BCUT2D eigenvalue weighted by Crippen LogP contribution is -2.11. The van der Waals surface area contributed by atoms with Gasteiger partial charge in [0.15, 0.2) is 0 Å². The van der Waals surface area contributed by atoms with Gasteiger partial charge in [-0.25, -0.2) is 4.79 Å². The number of esters is 1. The summed E-state index contributed by atoms with van der Waals surface area (Å²) in [5.74, 6) is -0.285. The Balaban J connectivity index is 2.17. The molecule has 0 aliphatic carbocycles. The SMILES string of the molecule is O=C1C=CCC(c2ccoc2)O1. The van der Waals surface area contributed by atoms with Gasteiger partial charge in [0.2, 0.25) is 0 Å². The molecule has 0 N–H and O–H groups in total. The summed E-state index contributed by atoms with van der Waals surface area (Å²) in [6.07, 6.45) is 6.98. The van der Waals surface area contributed by atoms with Crippen LogP contribution >= 0.6 is 0 Å². The zero-order valence-corrected chi connectivity index (χ0v) is 6.40. The summed E-state index contributed by atoms with van der Waals surface area (Å²) in [4.78, 5) is 10.8. The standard InChI is InChI=1S/C9H8O3/c10-9-3-1-2-8(12-9)7-4-5-11-6-7/h1,3-6,8H,2H2. The monoisotopic (exact) mass is 164 g/mol. The summed E-state index contributed by atoms with van der Waals surface area (Å²) >= 11 is 0. The molecular formula is C9H8O3. The predicted octanol–water partition coefficient (Wildman–Crippen LogP) is 1.82. The van der Waals surface area contributed by atoms with Crippen LogP contribution in [0.2, 0.25) is 0 Å². The van der Waals surface area contributed by atoms with E-state index in [1.165, 1.54) is 6.08 Å². The van der Waals surface area contributed by atoms with Crippen LogP contribution in [0, 0.1) is 0 Å². The average Bonchev–Trinajstić information content (AvgIpc) is 2.56. The molecule has 1 aliphatic rings. The number of hydrogen-bond donors (Lipinski definition) is 0. The Morgan fingerprint density at radius 3 is 3.08 bits per heavy atom. The van der Waals surface area contributed by atoms with Crippen LogP contribution in [0.3, 0.4) is 0 Å². The van der Waals surface area contributed by atoms with E-state index in [0.29, 0.717) is 0 Å². The van der Waals surface area contributed by atoms with Crippen LogP contribution in [0.15, 0.2) is 35.2 Å². The van der Waals surface area contributed by atoms with Gasteiger partial charge < -0.3 is 9.15 Å². The second-order valence-electron chi connectivity index (χ2n) is 2.62. The van der Waals surface area contributed by atoms with E-state index >= 15 is 0 Å². The van der Waals surface area contributed by atoms with Gasteiger partial charge in [0, 0.05) is 18.1 Å². The number of ether oxygens (including phenoxy) is 1. The summed E-state index contributed by atoms with van der Waals surface area (Å²) in [6.45, 7) is 0. The second kappa shape index (κ2) is 2.85. The molecule has 0 aromatic carbocycles. The van der Waals surface area contributed by atoms with Crippen molar-refractivity contribution in [3.63, 3.8) is 0 Å². The topological polar surface area (TPSA) is 39.4 Å². The Morgan fingerprint density at radius 1 is 1.50 bits per heavy atom. The Morgan fingerprint density at radius 2 is 2.42 bits per heavy atom. The number of rotatable bonds is 1. The maximum absolute atomic E-state index is 10.8. The molecule has 0 amide bonds. The summed E-state index contributed by atoms with van der Waals surface area (Å²) in [5, 5.41) is 0. The van der Waals surface area contributed by atoms with Crippen LogP contribution in [-0.2, 0) is 9.53 Å². The smallest absolute Gasteiger partial charge is 0.331 e. The molecular weight excluding hydrogens is 156 g/mol. The van der Waals surface area contributed by atoms with Gasteiger partial charge in [0.05, 0.1) is 12.5 Å². The van der Waals surface area contributed by atoms with Gasteiger partial charge in [-0.1, -0.05) is 6.08 Å². The summed E-state index contributed by atoms with van der Waals surface area (Å²) in [6, 6.07) is 1.80. The van der Waals surface area contributed by atoms with Crippen molar-refractivity contribution in [3.8, 4) is 0 Å². The van der Waals surface area contributed by atoms with Crippen molar-refractivity contribution in [3.05, 3.63) is 36.3 Å². The zero-order valence-electron chi connectivity index (χ0n) is 6.40. The minimum Gasteiger partial charge on any atom is -0.472 e. The van der Waals surface area contributed by atoms with E-state index in [9.17, 15) is 4.79 Å². The largest absolute Gasteiger partial charge is 0.472 e. The zero-order chi connectivity index (χ0) is 8.39. The van der Waals surface area contributed by atoms with Crippen molar-refractivity contribution >= 4 is 5.97 Å². The van der Waals surface area contributed by atoms with Gasteiger partial charge in [-0.2, -0.15) is 0 Å². The van der Waals surface area contributed by atoms with Crippen molar-refractivity contribution in [2.24, 2.45) is 0 Å². The van der Waals surface area contributed by atoms with E-state index in [0.717, 1.165) is 12.0 Å². The number of carbonyl (C=O) groups excluding carboxylic acids is 1. The third-order valence-corrected chi connectivity index (χ3v) is 1.78. The lowest BCUT2D eigenvalue weighted by Gasteiger charge is -2.16. The Labute approximate surface area is 69.6 Å². The Bertz CT molecular complexity index is 298. The van der Waals surface area contributed by atoms with Crippen LogP contribution in [-0.4, -0.2) is 5.97 Å². The lowest BCUT2D eigenvalue weighted by molar-refractivity contribution is -0.144. The number of cyclic esters (lactones) is 1. The second-order valence-corrected chi connectivity index (χ2v) is 2.62. The highest BCUT2D eigenvalue weighted by Crippen LogP contribution is 2.24. The maximum atomic E-state index is 10.8. The fourth-order valence-electron chi connectivity index (χ4n) is 1.18. The van der Waals surface area contributed by atoms with E-state index in [1.54, 1.807) is 18.6 Å². The first-order valence-electron chi connectivity index (χ1n) is 3.75. The molecule has 1 aliphatic heterocycles. The van der Waals surface area contributed by atoms with Crippen LogP contribution in [0.1, 0.15) is 18.1 Å². The number of furan rings is 1. The summed E-state index contributed by atoms with van der Waals surface area (Å²) in [5.41, 5.74) is 0.910. The van der Waals surface area contributed by atoms with Crippen molar-refractivity contribution in [1.29, 1.82) is 0 Å². The first kappa shape index (κ1) is 7.16. The molecule has 2 heterocycles. The molecule has 0 bridgehead atoms. The molecule has 62 valence electrons. The van der Waals surface area contributed by atoms with Gasteiger partial charge in [-0.05, 0) is 6.07 Å². The molecule has 0 spiro atoms. The first-order valence-corrected chi connectivity index (χ1v) is 3.75. The van der Waals surface area contributed by atoms with Gasteiger partial charge in [0.1, 0.15) is 6.10 Å². The van der Waals surface area contributed by atoms with Gasteiger partial charge >= 0.3 is 5.97 Å². The fraction of sp³-hybridized carbons (Fsp3) is 0.222. The molecule has 0 fully saturated rings. The highest BCUT2D eigenvalue weighted by molar-refractivity contribution is 5.82. The molecule has 0 saturated heterocycles. The van der Waals surface area contributed by atoms with Crippen LogP contribution in [0.4, 0.5) is 0 Å². The molecule has 1 aromatic heterocycles. The molecule has 12 heavy (non-hydrogen) atoms. The fourth-order valence-corrected chi connectivity index (χ4v) is 1.18. The third kappa shape index (κ3) is 1.25. The summed E-state index contributed by atoms with van der Waals surface area (Å²) in [7, 11) is 0. The molecule has 3 nitrogen and oxygen atoms in total. The third-order valence-electron chi connectivity index (χ3n) is 1.78.